The minimum atomic E-state index is -0.0650. The summed E-state index contributed by atoms with van der Waals surface area (Å²) in [7, 11) is 1.76. The number of urea groups is 1. The van der Waals surface area contributed by atoms with Gasteiger partial charge in [-0.25, -0.2) is 9.78 Å². The van der Waals surface area contributed by atoms with Gasteiger partial charge in [-0.3, -0.25) is 10.00 Å². The third kappa shape index (κ3) is 4.86. The number of H-pyrrole nitrogens is 1. The van der Waals surface area contributed by atoms with Crippen LogP contribution in [0.3, 0.4) is 0 Å². The molecule has 0 spiro atoms. The minimum absolute atomic E-state index is 0.0650. The highest BCUT2D eigenvalue weighted by Crippen LogP contribution is 2.12. The second-order valence-corrected chi connectivity index (χ2v) is 5.75. The predicted molar refractivity (Wildman–Crippen MR) is 80.7 cm³/mol. The number of carbonyl (C=O) groups is 1. The molecular formula is C14H24N6O. The summed E-state index contributed by atoms with van der Waals surface area (Å²) in [4.78, 5) is 20.1. The largest absolute Gasteiger partial charge is 0.335 e. The lowest BCUT2D eigenvalue weighted by atomic mass is 10.0. The number of aromatic amines is 1. The summed E-state index contributed by atoms with van der Waals surface area (Å²) >= 11 is 0. The van der Waals surface area contributed by atoms with E-state index in [2.05, 4.69) is 32.0 Å². The Morgan fingerprint density at radius 3 is 2.86 bits per heavy atom. The number of piperidine rings is 1. The summed E-state index contributed by atoms with van der Waals surface area (Å²) in [5, 5.41) is 9.61. The fourth-order valence-electron chi connectivity index (χ4n) is 2.51. The number of amides is 2. The van der Waals surface area contributed by atoms with Gasteiger partial charge in [0.1, 0.15) is 12.2 Å². The van der Waals surface area contributed by atoms with Crippen LogP contribution in [-0.4, -0.2) is 63.7 Å². The third-order valence-corrected chi connectivity index (χ3v) is 3.61. The van der Waals surface area contributed by atoms with Crippen LogP contribution < -0.4 is 5.32 Å². The molecule has 0 atom stereocenters. The number of nitrogens with zero attached hydrogens (tertiary/aromatic N) is 4. The summed E-state index contributed by atoms with van der Waals surface area (Å²) in [5.41, 5.74) is 1.18. The maximum atomic E-state index is 12.1. The molecule has 2 amide bonds. The average Bonchev–Trinajstić information content (AvgIpc) is 2.93. The fraction of sp³-hybridized carbons (Fsp3) is 0.643. The van der Waals surface area contributed by atoms with Gasteiger partial charge in [-0.2, -0.15) is 5.10 Å². The monoisotopic (exact) mass is 292 g/mol. The highest BCUT2D eigenvalue weighted by molar-refractivity contribution is 5.74. The molecule has 0 radical (unpaired) electrons. The lowest BCUT2D eigenvalue weighted by molar-refractivity contribution is 0.181. The molecule has 1 aliphatic rings. The number of likely N-dealkylation sites (tertiary alicyclic amines) is 1. The maximum Gasteiger partial charge on any atom is 0.317 e. The number of carbonyl (C=O) groups excluding carboxylic acids is 1. The van der Waals surface area contributed by atoms with Gasteiger partial charge in [-0.15, -0.1) is 0 Å². The van der Waals surface area contributed by atoms with Crippen molar-refractivity contribution < 1.29 is 4.79 Å². The number of aromatic nitrogens is 3. The minimum Gasteiger partial charge on any atom is -0.335 e. The van der Waals surface area contributed by atoms with Crippen LogP contribution in [0.15, 0.2) is 18.5 Å². The number of hydrogen-bond donors (Lipinski definition) is 2. The molecule has 0 unspecified atom stereocenters. The van der Waals surface area contributed by atoms with Crippen molar-refractivity contribution in [3.63, 3.8) is 0 Å². The van der Waals surface area contributed by atoms with Crippen LogP contribution in [0.5, 0.6) is 0 Å². The second kappa shape index (κ2) is 7.21. The van der Waals surface area contributed by atoms with E-state index in [1.54, 1.807) is 11.9 Å². The molecule has 2 heterocycles. The van der Waals surface area contributed by atoms with E-state index in [1.807, 2.05) is 6.92 Å². The van der Waals surface area contributed by atoms with Gasteiger partial charge in [-0.05, 0) is 19.8 Å². The molecule has 7 nitrogen and oxygen atoms in total. The molecule has 116 valence electrons. The van der Waals surface area contributed by atoms with Crippen LogP contribution in [0.25, 0.3) is 0 Å². The van der Waals surface area contributed by atoms with Crippen LogP contribution in [-0.2, 0) is 6.54 Å². The first-order valence-electron chi connectivity index (χ1n) is 7.27. The highest BCUT2D eigenvalue weighted by Gasteiger charge is 2.22. The van der Waals surface area contributed by atoms with E-state index < -0.39 is 0 Å². The number of rotatable bonds is 5. The molecule has 0 aromatic carbocycles. The first kappa shape index (κ1) is 15.5. The smallest absolute Gasteiger partial charge is 0.317 e. The molecule has 7 heteroatoms. The van der Waals surface area contributed by atoms with Crippen molar-refractivity contribution in [1.82, 2.24) is 30.3 Å². The first-order chi connectivity index (χ1) is 10.0. The molecule has 1 saturated heterocycles. The molecule has 0 aliphatic carbocycles. The van der Waals surface area contributed by atoms with Gasteiger partial charge in [0.05, 0.1) is 6.54 Å². The summed E-state index contributed by atoms with van der Waals surface area (Å²) in [6, 6.07) is 0.181. The Labute approximate surface area is 125 Å². The molecule has 1 aliphatic heterocycles. The Morgan fingerprint density at radius 1 is 1.57 bits per heavy atom. The van der Waals surface area contributed by atoms with E-state index in [0.29, 0.717) is 12.4 Å². The van der Waals surface area contributed by atoms with Crippen molar-refractivity contribution >= 4 is 6.03 Å². The summed E-state index contributed by atoms with van der Waals surface area (Å²) < 4.78 is 0. The molecule has 1 fully saturated rings. The van der Waals surface area contributed by atoms with Gasteiger partial charge in [0.15, 0.2) is 0 Å². The van der Waals surface area contributed by atoms with Crippen LogP contribution in [0.4, 0.5) is 4.79 Å². The van der Waals surface area contributed by atoms with E-state index in [1.165, 1.54) is 11.9 Å². The van der Waals surface area contributed by atoms with Crippen molar-refractivity contribution in [2.24, 2.45) is 0 Å². The zero-order chi connectivity index (χ0) is 15.2. The lowest BCUT2D eigenvalue weighted by Crippen LogP contribution is -2.48. The summed E-state index contributed by atoms with van der Waals surface area (Å²) in [6.45, 7) is 9.38. The van der Waals surface area contributed by atoms with Crippen LogP contribution >= 0.6 is 0 Å². The Hall–Kier alpha value is -1.89. The fourth-order valence-corrected chi connectivity index (χ4v) is 2.51. The van der Waals surface area contributed by atoms with Crippen molar-refractivity contribution in [2.45, 2.75) is 32.4 Å². The lowest BCUT2D eigenvalue weighted by Gasteiger charge is -2.33. The Kier molecular flexibility index (Phi) is 5.32. The van der Waals surface area contributed by atoms with Gasteiger partial charge in [-0.1, -0.05) is 12.2 Å². The Bertz CT molecular complexity index is 464. The van der Waals surface area contributed by atoms with Crippen LogP contribution in [0.2, 0.25) is 0 Å². The van der Waals surface area contributed by atoms with Crippen molar-refractivity contribution in [3.05, 3.63) is 24.3 Å². The van der Waals surface area contributed by atoms with E-state index in [9.17, 15) is 4.79 Å². The number of nitrogens with one attached hydrogen (secondary N) is 2. The zero-order valence-electron chi connectivity index (χ0n) is 12.8. The summed E-state index contributed by atoms with van der Waals surface area (Å²) in [5.74, 6) is 0.684. The Morgan fingerprint density at radius 2 is 2.29 bits per heavy atom. The van der Waals surface area contributed by atoms with Gasteiger partial charge >= 0.3 is 6.03 Å². The van der Waals surface area contributed by atoms with Crippen LogP contribution in [0.1, 0.15) is 25.6 Å². The molecule has 21 heavy (non-hydrogen) atoms. The van der Waals surface area contributed by atoms with Gasteiger partial charge in [0.2, 0.25) is 0 Å². The highest BCUT2D eigenvalue weighted by atomic mass is 16.2. The molecule has 0 bridgehead atoms. The topological polar surface area (TPSA) is 77.2 Å². The van der Waals surface area contributed by atoms with Crippen molar-refractivity contribution in [2.75, 3.05) is 26.7 Å². The molecule has 1 aromatic heterocycles. The van der Waals surface area contributed by atoms with E-state index in [-0.39, 0.29) is 12.1 Å². The van der Waals surface area contributed by atoms with Crippen molar-refractivity contribution in [1.29, 1.82) is 0 Å². The molecule has 1 aromatic rings. The standard InChI is InChI=1S/C14H24N6O/c1-11(2)8-20-6-4-12(5-7-20)17-14(21)19(3)9-13-15-10-16-18-13/h10,12H,1,4-9H2,2-3H3,(H,17,21)(H,15,16,18). The zero-order valence-corrected chi connectivity index (χ0v) is 12.8. The maximum absolute atomic E-state index is 12.1. The molecular weight excluding hydrogens is 268 g/mol. The number of hydrogen-bond acceptors (Lipinski definition) is 4. The van der Waals surface area contributed by atoms with E-state index in [0.717, 1.165) is 32.5 Å². The van der Waals surface area contributed by atoms with E-state index >= 15 is 0 Å². The average molecular weight is 292 g/mol. The van der Waals surface area contributed by atoms with Gasteiger partial charge < -0.3 is 10.2 Å². The van der Waals surface area contributed by atoms with E-state index in [4.69, 9.17) is 0 Å². The first-order valence-corrected chi connectivity index (χ1v) is 7.27. The molecule has 2 rings (SSSR count). The summed E-state index contributed by atoms with van der Waals surface area (Å²) in [6.07, 6.45) is 3.41. The SMILES string of the molecule is C=C(C)CN1CCC(NC(=O)N(C)Cc2ncn[nH]2)CC1. The predicted octanol–water partition coefficient (Wildman–Crippen LogP) is 0.987. The quantitative estimate of drug-likeness (QED) is 0.793. The Balaban J connectivity index is 1.72. The third-order valence-electron chi connectivity index (χ3n) is 3.61. The van der Waals surface area contributed by atoms with Gasteiger partial charge in [0.25, 0.3) is 0 Å². The molecule has 0 saturated carbocycles. The normalized spacial score (nSPS) is 16.7. The second-order valence-electron chi connectivity index (χ2n) is 5.75. The van der Waals surface area contributed by atoms with Crippen molar-refractivity contribution in [3.8, 4) is 0 Å². The van der Waals surface area contributed by atoms with Gasteiger partial charge in [0, 0.05) is 32.7 Å². The molecule has 2 N–H and O–H groups in total. The van der Waals surface area contributed by atoms with Crippen LogP contribution in [0, 0.1) is 0 Å².